The minimum absolute atomic E-state index is 0.0960. The summed E-state index contributed by atoms with van der Waals surface area (Å²) in [5, 5.41) is 0. The van der Waals surface area contributed by atoms with E-state index in [0.29, 0.717) is 0 Å². The Labute approximate surface area is 199 Å². The largest absolute Gasteiger partial charge is 0.494 e. The van der Waals surface area contributed by atoms with Gasteiger partial charge in [0.1, 0.15) is 5.75 Å². The molecule has 0 fully saturated rings. The van der Waals surface area contributed by atoms with Crippen LogP contribution in [0, 0.1) is 5.92 Å². The van der Waals surface area contributed by atoms with Crippen molar-refractivity contribution in [2.45, 2.75) is 118 Å². The first-order valence-corrected chi connectivity index (χ1v) is 13.6. The normalized spacial score (nSPS) is 11.2. The Kier molecular flexibility index (Phi) is 16.9. The SMILES string of the molecule is CCN(CC)C(=O)c1ccc(OCCCCCCCCCCCCCCCC(C)C)cc1. The standard InChI is InChI=1S/C29H51NO2/c1-5-30(6-2)29(31)27-21-23-28(24-22-27)32-25-19-17-15-13-11-9-7-8-10-12-14-16-18-20-26(3)4/h21-24,26H,5-20,25H2,1-4H3. The second-order valence-electron chi connectivity index (χ2n) is 9.63. The second kappa shape index (κ2) is 19.0. The van der Waals surface area contributed by atoms with E-state index in [2.05, 4.69) is 13.8 Å². The molecule has 0 atom stereocenters. The third-order valence-corrected chi connectivity index (χ3v) is 6.35. The van der Waals surface area contributed by atoms with Crippen LogP contribution in [0.2, 0.25) is 0 Å². The lowest BCUT2D eigenvalue weighted by atomic mass is 10.0. The first kappa shape index (κ1) is 28.5. The third kappa shape index (κ3) is 13.8. The van der Waals surface area contributed by atoms with E-state index >= 15 is 0 Å². The molecule has 1 aromatic rings. The smallest absolute Gasteiger partial charge is 0.253 e. The van der Waals surface area contributed by atoms with Gasteiger partial charge in [0.25, 0.3) is 5.91 Å². The molecule has 0 aromatic heterocycles. The van der Waals surface area contributed by atoms with Crippen molar-refractivity contribution in [3.05, 3.63) is 29.8 Å². The maximum absolute atomic E-state index is 12.3. The summed E-state index contributed by atoms with van der Waals surface area (Å²) in [5.41, 5.74) is 0.739. The first-order chi connectivity index (χ1) is 15.6. The average molecular weight is 446 g/mol. The van der Waals surface area contributed by atoms with Crippen molar-refractivity contribution in [2.75, 3.05) is 19.7 Å². The Balaban J connectivity index is 1.92. The number of rotatable bonds is 20. The van der Waals surface area contributed by atoms with E-state index < -0.39 is 0 Å². The fraction of sp³-hybridized carbons (Fsp3) is 0.759. The van der Waals surface area contributed by atoms with E-state index in [1.165, 1.54) is 83.5 Å². The summed E-state index contributed by atoms with van der Waals surface area (Å²) < 4.78 is 5.85. The molecule has 0 saturated heterocycles. The molecule has 0 heterocycles. The molecule has 1 amide bonds. The first-order valence-electron chi connectivity index (χ1n) is 13.6. The number of benzene rings is 1. The number of nitrogens with zero attached hydrogens (tertiary/aromatic N) is 1. The Hall–Kier alpha value is -1.51. The van der Waals surface area contributed by atoms with Crippen molar-refractivity contribution in [1.82, 2.24) is 4.90 Å². The molecule has 0 aliphatic carbocycles. The van der Waals surface area contributed by atoms with Crippen LogP contribution in [0.1, 0.15) is 128 Å². The molecule has 0 spiro atoms. The monoisotopic (exact) mass is 445 g/mol. The van der Waals surface area contributed by atoms with Gasteiger partial charge in [0.2, 0.25) is 0 Å². The van der Waals surface area contributed by atoms with Crippen LogP contribution in [0.15, 0.2) is 24.3 Å². The Morgan fingerprint density at radius 3 is 1.59 bits per heavy atom. The van der Waals surface area contributed by atoms with Gasteiger partial charge in [-0.1, -0.05) is 97.3 Å². The van der Waals surface area contributed by atoms with Crippen LogP contribution in [0.3, 0.4) is 0 Å². The van der Waals surface area contributed by atoms with Gasteiger partial charge in [-0.05, 0) is 50.5 Å². The molecular weight excluding hydrogens is 394 g/mol. The number of ether oxygens (including phenoxy) is 1. The molecule has 0 aliphatic heterocycles. The predicted octanol–water partition coefficient (Wildman–Crippen LogP) is 8.66. The van der Waals surface area contributed by atoms with E-state index in [-0.39, 0.29) is 5.91 Å². The van der Waals surface area contributed by atoms with Gasteiger partial charge in [-0.25, -0.2) is 0 Å². The summed E-state index contributed by atoms with van der Waals surface area (Å²) >= 11 is 0. The molecule has 0 N–H and O–H groups in total. The second-order valence-corrected chi connectivity index (χ2v) is 9.63. The maximum atomic E-state index is 12.3. The molecule has 0 radical (unpaired) electrons. The van der Waals surface area contributed by atoms with Crippen molar-refractivity contribution >= 4 is 5.91 Å². The molecule has 0 unspecified atom stereocenters. The summed E-state index contributed by atoms with van der Waals surface area (Å²) in [6.07, 6.45) is 19.2. The third-order valence-electron chi connectivity index (χ3n) is 6.35. The van der Waals surface area contributed by atoms with Gasteiger partial charge >= 0.3 is 0 Å². The van der Waals surface area contributed by atoms with Crippen LogP contribution in [-0.4, -0.2) is 30.5 Å². The van der Waals surface area contributed by atoms with Crippen molar-refractivity contribution < 1.29 is 9.53 Å². The number of hydrogen-bond acceptors (Lipinski definition) is 2. The van der Waals surface area contributed by atoms with E-state index in [9.17, 15) is 4.79 Å². The molecule has 0 bridgehead atoms. The lowest BCUT2D eigenvalue weighted by Crippen LogP contribution is -2.30. The van der Waals surface area contributed by atoms with Gasteiger partial charge < -0.3 is 9.64 Å². The Morgan fingerprint density at radius 1 is 0.719 bits per heavy atom. The Bertz CT molecular complexity index is 563. The molecule has 1 rings (SSSR count). The molecule has 32 heavy (non-hydrogen) atoms. The van der Waals surface area contributed by atoms with E-state index in [4.69, 9.17) is 4.74 Å². The van der Waals surface area contributed by atoms with Crippen LogP contribution >= 0.6 is 0 Å². The number of unbranched alkanes of at least 4 members (excludes halogenated alkanes) is 12. The minimum atomic E-state index is 0.0960. The van der Waals surface area contributed by atoms with Gasteiger partial charge in [0, 0.05) is 18.7 Å². The van der Waals surface area contributed by atoms with Crippen LogP contribution in [-0.2, 0) is 0 Å². The van der Waals surface area contributed by atoms with Gasteiger partial charge in [-0.3, -0.25) is 4.79 Å². The minimum Gasteiger partial charge on any atom is -0.494 e. The quantitative estimate of drug-likeness (QED) is 0.188. The van der Waals surface area contributed by atoms with Crippen LogP contribution in [0.5, 0.6) is 5.75 Å². The van der Waals surface area contributed by atoms with Crippen molar-refractivity contribution in [1.29, 1.82) is 0 Å². The van der Waals surface area contributed by atoms with Gasteiger partial charge in [-0.2, -0.15) is 0 Å². The predicted molar refractivity (Wildman–Crippen MR) is 139 cm³/mol. The topological polar surface area (TPSA) is 29.5 Å². The zero-order valence-corrected chi connectivity index (χ0v) is 21.7. The summed E-state index contributed by atoms with van der Waals surface area (Å²) in [5.74, 6) is 1.83. The molecule has 3 nitrogen and oxygen atoms in total. The number of carbonyl (C=O) groups excluding carboxylic acids is 1. The van der Waals surface area contributed by atoms with E-state index in [1.807, 2.05) is 43.0 Å². The zero-order chi connectivity index (χ0) is 23.4. The fourth-order valence-electron chi connectivity index (χ4n) is 4.18. The molecule has 0 aliphatic rings. The summed E-state index contributed by atoms with van der Waals surface area (Å²) in [4.78, 5) is 14.2. The molecular formula is C29H51NO2. The maximum Gasteiger partial charge on any atom is 0.253 e. The number of carbonyl (C=O) groups is 1. The molecule has 184 valence electrons. The van der Waals surface area contributed by atoms with Crippen molar-refractivity contribution in [2.24, 2.45) is 5.92 Å². The molecule has 3 heteroatoms. The van der Waals surface area contributed by atoms with Crippen LogP contribution in [0.4, 0.5) is 0 Å². The van der Waals surface area contributed by atoms with Crippen molar-refractivity contribution in [3.63, 3.8) is 0 Å². The summed E-state index contributed by atoms with van der Waals surface area (Å²) in [7, 11) is 0. The lowest BCUT2D eigenvalue weighted by Gasteiger charge is -2.18. The van der Waals surface area contributed by atoms with Gasteiger partial charge in [-0.15, -0.1) is 0 Å². The summed E-state index contributed by atoms with van der Waals surface area (Å²) in [6.45, 7) is 10.9. The lowest BCUT2D eigenvalue weighted by molar-refractivity contribution is 0.0773. The molecule has 1 aromatic carbocycles. The fourth-order valence-corrected chi connectivity index (χ4v) is 4.18. The van der Waals surface area contributed by atoms with Gasteiger partial charge in [0.15, 0.2) is 0 Å². The van der Waals surface area contributed by atoms with Crippen LogP contribution in [0.25, 0.3) is 0 Å². The number of hydrogen-bond donors (Lipinski definition) is 0. The summed E-state index contributed by atoms with van der Waals surface area (Å²) in [6, 6.07) is 7.59. The van der Waals surface area contributed by atoms with Crippen LogP contribution < -0.4 is 4.74 Å². The van der Waals surface area contributed by atoms with E-state index in [1.54, 1.807) is 0 Å². The Morgan fingerprint density at radius 2 is 1.16 bits per heavy atom. The zero-order valence-electron chi connectivity index (χ0n) is 21.7. The highest BCUT2D eigenvalue weighted by Crippen LogP contribution is 2.16. The van der Waals surface area contributed by atoms with Crippen molar-refractivity contribution in [3.8, 4) is 5.75 Å². The number of amides is 1. The average Bonchev–Trinajstić information content (AvgIpc) is 2.79. The highest BCUT2D eigenvalue weighted by atomic mass is 16.5. The van der Waals surface area contributed by atoms with E-state index in [0.717, 1.165) is 43.3 Å². The highest BCUT2D eigenvalue weighted by Gasteiger charge is 2.11. The van der Waals surface area contributed by atoms with Gasteiger partial charge in [0.05, 0.1) is 6.61 Å². The highest BCUT2D eigenvalue weighted by molar-refractivity contribution is 5.94. The molecule has 0 saturated carbocycles.